The van der Waals surface area contributed by atoms with Gasteiger partial charge in [-0.05, 0) is 25.5 Å². The summed E-state index contributed by atoms with van der Waals surface area (Å²) >= 11 is 1.87. The Morgan fingerprint density at radius 2 is 2.35 bits per heavy atom. The molecule has 1 saturated heterocycles. The molecule has 94 valence electrons. The van der Waals surface area contributed by atoms with E-state index in [1.165, 1.54) is 12.8 Å². The highest BCUT2D eigenvalue weighted by atomic mass is 32.2. The van der Waals surface area contributed by atoms with Crippen molar-refractivity contribution in [1.29, 1.82) is 0 Å². The molecule has 0 spiro atoms. The molecular formula is C12H18N2O2S. The number of rotatable bonds is 3. The number of nitrogens with zero attached hydrogens (tertiary/aromatic N) is 1. The summed E-state index contributed by atoms with van der Waals surface area (Å²) < 4.78 is 0. The van der Waals surface area contributed by atoms with Crippen LogP contribution in [0.3, 0.4) is 0 Å². The quantitative estimate of drug-likeness (QED) is 0.859. The van der Waals surface area contributed by atoms with Crippen molar-refractivity contribution < 1.29 is 5.11 Å². The molecule has 1 aliphatic rings. The molecule has 17 heavy (non-hydrogen) atoms. The van der Waals surface area contributed by atoms with Crippen LogP contribution in [0.4, 0.5) is 0 Å². The van der Waals surface area contributed by atoms with E-state index in [1.54, 1.807) is 0 Å². The molecule has 4 nitrogen and oxygen atoms in total. The van der Waals surface area contributed by atoms with Crippen molar-refractivity contribution in [3.8, 4) is 0 Å². The van der Waals surface area contributed by atoms with Crippen molar-refractivity contribution in [2.45, 2.75) is 37.9 Å². The molecule has 1 aromatic rings. The largest absolute Gasteiger partial charge is 0.396 e. The monoisotopic (exact) mass is 254 g/mol. The molecule has 2 rings (SSSR count). The normalized spacial score (nSPS) is 20.5. The number of aryl methyl sites for hydroxylation is 1. The van der Waals surface area contributed by atoms with E-state index in [-0.39, 0.29) is 12.2 Å². The molecule has 0 radical (unpaired) electrons. The summed E-state index contributed by atoms with van der Waals surface area (Å²) in [7, 11) is 0. The second-order valence-corrected chi connectivity index (χ2v) is 5.65. The zero-order valence-corrected chi connectivity index (χ0v) is 10.8. The van der Waals surface area contributed by atoms with Crippen LogP contribution in [-0.2, 0) is 6.42 Å². The predicted molar refractivity (Wildman–Crippen MR) is 69.4 cm³/mol. The van der Waals surface area contributed by atoms with Crippen molar-refractivity contribution in [1.82, 2.24) is 9.97 Å². The molecule has 0 bridgehead atoms. The van der Waals surface area contributed by atoms with Crippen LogP contribution in [0.15, 0.2) is 4.79 Å². The smallest absolute Gasteiger partial charge is 0.254 e. The van der Waals surface area contributed by atoms with Gasteiger partial charge in [0.05, 0.1) is 5.25 Å². The van der Waals surface area contributed by atoms with Crippen LogP contribution in [0.25, 0.3) is 0 Å². The first-order valence-electron chi connectivity index (χ1n) is 6.04. The van der Waals surface area contributed by atoms with E-state index in [1.807, 2.05) is 18.7 Å². The van der Waals surface area contributed by atoms with Crippen LogP contribution in [0.2, 0.25) is 0 Å². The minimum absolute atomic E-state index is 0.0108. The summed E-state index contributed by atoms with van der Waals surface area (Å²) in [4.78, 5) is 19.2. The molecule has 0 amide bonds. The molecule has 5 heteroatoms. The summed E-state index contributed by atoms with van der Waals surface area (Å²) in [5.41, 5.74) is 1.27. The van der Waals surface area contributed by atoms with E-state index in [4.69, 9.17) is 5.11 Å². The van der Waals surface area contributed by atoms with E-state index in [0.29, 0.717) is 17.2 Å². The number of aromatic amines is 1. The lowest BCUT2D eigenvalue weighted by atomic mass is 10.1. The topological polar surface area (TPSA) is 66.0 Å². The van der Waals surface area contributed by atoms with Gasteiger partial charge in [0.1, 0.15) is 5.82 Å². The van der Waals surface area contributed by atoms with Gasteiger partial charge in [-0.25, -0.2) is 4.98 Å². The van der Waals surface area contributed by atoms with Crippen LogP contribution in [0.1, 0.15) is 41.6 Å². The molecule has 1 aliphatic heterocycles. The van der Waals surface area contributed by atoms with E-state index in [0.717, 1.165) is 23.7 Å². The maximum atomic E-state index is 11.9. The van der Waals surface area contributed by atoms with Gasteiger partial charge in [-0.2, -0.15) is 11.8 Å². The highest BCUT2D eigenvalue weighted by Gasteiger charge is 2.19. The third-order valence-electron chi connectivity index (χ3n) is 3.09. The molecule has 0 saturated carbocycles. The van der Waals surface area contributed by atoms with Gasteiger partial charge >= 0.3 is 0 Å². The van der Waals surface area contributed by atoms with Gasteiger partial charge in [0, 0.05) is 24.3 Å². The number of hydrogen-bond donors (Lipinski definition) is 2. The number of thioether (sulfide) groups is 1. The minimum Gasteiger partial charge on any atom is -0.396 e. The Morgan fingerprint density at radius 3 is 2.94 bits per heavy atom. The van der Waals surface area contributed by atoms with Crippen molar-refractivity contribution in [2.75, 3.05) is 12.4 Å². The third kappa shape index (κ3) is 2.90. The second kappa shape index (κ2) is 5.69. The molecule has 2 N–H and O–H groups in total. The number of nitrogens with one attached hydrogen (secondary N) is 1. The zero-order valence-electron chi connectivity index (χ0n) is 10.0. The van der Waals surface area contributed by atoms with Gasteiger partial charge in [0.25, 0.3) is 5.56 Å². The molecule has 1 unspecified atom stereocenters. The van der Waals surface area contributed by atoms with Crippen LogP contribution in [0, 0.1) is 6.92 Å². The summed E-state index contributed by atoms with van der Waals surface area (Å²) in [6.45, 7) is 1.83. The molecule has 2 heterocycles. The molecule has 0 aliphatic carbocycles. The fraction of sp³-hybridized carbons (Fsp3) is 0.667. The van der Waals surface area contributed by atoms with Gasteiger partial charge in [-0.15, -0.1) is 0 Å². The van der Waals surface area contributed by atoms with Gasteiger partial charge in [0.15, 0.2) is 0 Å². The number of H-pyrrole nitrogens is 1. The fourth-order valence-electron chi connectivity index (χ4n) is 2.15. The maximum absolute atomic E-state index is 11.9. The first-order chi connectivity index (χ1) is 8.22. The highest BCUT2D eigenvalue weighted by Crippen LogP contribution is 2.36. The lowest BCUT2D eigenvalue weighted by molar-refractivity contribution is 0.298. The fourth-order valence-corrected chi connectivity index (χ4v) is 3.41. The Labute approximate surface area is 105 Å². The summed E-state index contributed by atoms with van der Waals surface area (Å²) in [5.74, 6) is 1.95. The minimum atomic E-state index is -0.0901. The molecule has 0 aromatic carbocycles. The Bertz CT molecular complexity index is 439. The zero-order chi connectivity index (χ0) is 12.3. The Kier molecular flexibility index (Phi) is 4.23. The molecular weight excluding hydrogens is 236 g/mol. The standard InChI is InChI=1S/C12H18N2O2S/c1-8-9(5-6-15)12(16)14-11(13-8)10-4-2-3-7-17-10/h10,15H,2-7H2,1H3,(H,13,14,16). The van der Waals surface area contributed by atoms with E-state index in [2.05, 4.69) is 9.97 Å². The predicted octanol–water partition coefficient (Wildman–Crippen LogP) is 1.57. The van der Waals surface area contributed by atoms with E-state index in [9.17, 15) is 4.79 Å². The number of aliphatic hydroxyl groups excluding tert-OH is 1. The first-order valence-corrected chi connectivity index (χ1v) is 7.09. The van der Waals surface area contributed by atoms with E-state index < -0.39 is 0 Å². The maximum Gasteiger partial charge on any atom is 0.254 e. The summed E-state index contributed by atoms with van der Waals surface area (Å²) in [6, 6.07) is 0. The molecule has 1 atom stereocenters. The molecule has 1 fully saturated rings. The van der Waals surface area contributed by atoms with Crippen LogP contribution in [0.5, 0.6) is 0 Å². The van der Waals surface area contributed by atoms with Crippen LogP contribution < -0.4 is 5.56 Å². The number of hydrogen-bond acceptors (Lipinski definition) is 4. The van der Waals surface area contributed by atoms with Crippen molar-refractivity contribution in [3.63, 3.8) is 0 Å². The second-order valence-electron chi connectivity index (χ2n) is 4.34. The van der Waals surface area contributed by atoms with Crippen molar-refractivity contribution in [2.24, 2.45) is 0 Å². The highest BCUT2D eigenvalue weighted by molar-refractivity contribution is 7.99. The summed E-state index contributed by atoms with van der Waals surface area (Å²) in [5, 5.41) is 9.23. The Hall–Kier alpha value is -0.810. The lowest BCUT2D eigenvalue weighted by Crippen LogP contribution is -2.21. The average Bonchev–Trinajstić information content (AvgIpc) is 2.35. The van der Waals surface area contributed by atoms with E-state index >= 15 is 0 Å². The first kappa shape index (κ1) is 12.6. The number of aromatic nitrogens is 2. The van der Waals surface area contributed by atoms with Crippen LogP contribution >= 0.6 is 11.8 Å². The van der Waals surface area contributed by atoms with Crippen molar-refractivity contribution in [3.05, 3.63) is 27.4 Å². The van der Waals surface area contributed by atoms with Gasteiger partial charge in [-0.1, -0.05) is 6.42 Å². The van der Waals surface area contributed by atoms with Crippen molar-refractivity contribution >= 4 is 11.8 Å². The average molecular weight is 254 g/mol. The van der Waals surface area contributed by atoms with Gasteiger partial charge < -0.3 is 10.1 Å². The SMILES string of the molecule is Cc1nc(C2CCCCS2)[nH]c(=O)c1CCO. The summed E-state index contributed by atoms with van der Waals surface area (Å²) in [6.07, 6.45) is 3.93. The Balaban J connectivity index is 2.27. The number of aliphatic hydroxyl groups is 1. The third-order valence-corrected chi connectivity index (χ3v) is 4.47. The molecule has 1 aromatic heterocycles. The van der Waals surface area contributed by atoms with Crippen LogP contribution in [-0.4, -0.2) is 27.4 Å². The lowest BCUT2D eigenvalue weighted by Gasteiger charge is -2.20. The van der Waals surface area contributed by atoms with Gasteiger partial charge in [0.2, 0.25) is 0 Å². The Morgan fingerprint density at radius 1 is 1.53 bits per heavy atom. The van der Waals surface area contributed by atoms with Gasteiger partial charge in [-0.3, -0.25) is 4.79 Å².